The minimum Gasteiger partial charge on any atom is -0.335 e. The molecule has 0 amide bonds. The number of pyridine rings is 1. The van der Waals surface area contributed by atoms with Crippen LogP contribution in [0.3, 0.4) is 0 Å². The second kappa shape index (κ2) is 4.03. The van der Waals surface area contributed by atoms with E-state index in [1.807, 2.05) is 0 Å². The van der Waals surface area contributed by atoms with Gasteiger partial charge in [-0.05, 0) is 12.1 Å². The van der Waals surface area contributed by atoms with E-state index in [0.717, 1.165) is 0 Å². The third kappa shape index (κ3) is 2.27. The Bertz CT molecular complexity index is 639. The van der Waals surface area contributed by atoms with E-state index in [2.05, 4.69) is 9.97 Å². The maximum Gasteiger partial charge on any atom is 0.461 e. The van der Waals surface area contributed by atoms with Crippen molar-refractivity contribution in [3.8, 4) is 0 Å². The average molecular weight is 305 g/mol. The summed E-state index contributed by atoms with van der Waals surface area (Å²) in [6.07, 6.45) is -10.8. The number of hydrogen-bond acceptors (Lipinski definition) is 2. The van der Waals surface area contributed by atoms with E-state index in [1.54, 1.807) is 4.98 Å². The first-order valence-electron chi connectivity index (χ1n) is 4.82. The molecule has 0 aliphatic heterocycles. The molecule has 0 bridgehead atoms. The van der Waals surface area contributed by atoms with E-state index in [1.165, 1.54) is 0 Å². The molecule has 1 N–H and O–H groups in total. The fraction of sp³-hybridized carbons (Fsp3) is 0.333. The molecule has 3 nitrogen and oxygen atoms in total. The van der Waals surface area contributed by atoms with E-state index in [-0.39, 0.29) is 0 Å². The van der Waals surface area contributed by atoms with Crippen LogP contribution in [0.4, 0.5) is 35.1 Å². The normalized spacial score (nSPS) is 14.0. The molecule has 0 aliphatic rings. The van der Waals surface area contributed by atoms with Crippen molar-refractivity contribution in [1.29, 1.82) is 0 Å². The molecular formula is C9H3F8N3. The molecule has 110 valence electrons. The number of halogens is 8. The topological polar surface area (TPSA) is 41.6 Å². The number of aromatic amines is 1. The third-order valence-corrected chi connectivity index (χ3v) is 2.29. The maximum absolute atomic E-state index is 13.0. The van der Waals surface area contributed by atoms with Crippen molar-refractivity contribution < 1.29 is 35.1 Å². The Hall–Kier alpha value is -1.94. The number of alkyl halides is 8. The van der Waals surface area contributed by atoms with Crippen LogP contribution in [0.1, 0.15) is 11.5 Å². The van der Waals surface area contributed by atoms with E-state index in [4.69, 9.17) is 0 Å². The van der Waals surface area contributed by atoms with Crippen LogP contribution in [-0.4, -0.2) is 21.1 Å². The smallest absolute Gasteiger partial charge is 0.335 e. The predicted molar refractivity (Wildman–Crippen MR) is 48.8 cm³/mol. The predicted octanol–water partition coefficient (Wildman–Crippen LogP) is 3.63. The molecular weight excluding hydrogens is 302 g/mol. The summed E-state index contributed by atoms with van der Waals surface area (Å²) in [7, 11) is 0. The zero-order chi connectivity index (χ0) is 15.3. The number of imidazole rings is 1. The summed E-state index contributed by atoms with van der Waals surface area (Å²) in [6, 6.07) is 1.12. The monoisotopic (exact) mass is 305 g/mol. The zero-order valence-electron chi connectivity index (χ0n) is 9.07. The molecule has 11 heteroatoms. The molecule has 20 heavy (non-hydrogen) atoms. The Balaban J connectivity index is 2.55. The van der Waals surface area contributed by atoms with Crippen molar-refractivity contribution in [3.05, 3.63) is 23.7 Å². The molecule has 2 aromatic rings. The lowest BCUT2D eigenvalue weighted by Gasteiger charge is -2.16. The number of nitrogens with zero attached hydrogens (tertiary/aromatic N) is 2. The van der Waals surface area contributed by atoms with Crippen LogP contribution in [0.5, 0.6) is 0 Å². The summed E-state index contributed by atoms with van der Waals surface area (Å²) >= 11 is 0. The van der Waals surface area contributed by atoms with E-state index in [9.17, 15) is 35.1 Å². The van der Waals surface area contributed by atoms with Crippen LogP contribution in [0.2, 0.25) is 0 Å². The first-order valence-corrected chi connectivity index (χ1v) is 4.82. The Morgan fingerprint density at radius 2 is 1.45 bits per heavy atom. The van der Waals surface area contributed by atoms with Gasteiger partial charge in [-0.25, -0.2) is 9.97 Å². The van der Waals surface area contributed by atoms with Gasteiger partial charge in [0.2, 0.25) is 0 Å². The van der Waals surface area contributed by atoms with Gasteiger partial charge in [0.25, 0.3) is 0 Å². The van der Waals surface area contributed by atoms with Crippen LogP contribution in [0.25, 0.3) is 11.2 Å². The van der Waals surface area contributed by atoms with Gasteiger partial charge in [0.05, 0.1) is 5.52 Å². The van der Waals surface area contributed by atoms with E-state index < -0.39 is 41.0 Å². The number of rotatable bonds is 1. The van der Waals surface area contributed by atoms with Crippen molar-refractivity contribution in [2.45, 2.75) is 18.3 Å². The van der Waals surface area contributed by atoms with Crippen molar-refractivity contribution >= 4 is 11.2 Å². The molecule has 2 rings (SSSR count). The summed E-state index contributed by atoms with van der Waals surface area (Å²) < 4.78 is 99.2. The molecule has 0 atom stereocenters. The highest BCUT2D eigenvalue weighted by molar-refractivity contribution is 5.71. The van der Waals surface area contributed by atoms with Crippen molar-refractivity contribution in [2.24, 2.45) is 0 Å². The summed E-state index contributed by atoms with van der Waals surface area (Å²) in [4.78, 5) is 7.29. The number of fused-ring (bicyclic) bond motifs is 1. The van der Waals surface area contributed by atoms with Crippen molar-refractivity contribution in [1.82, 2.24) is 15.0 Å². The quantitative estimate of drug-likeness (QED) is 0.817. The van der Waals surface area contributed by atoms with E-state index >= 15 is 0 Å². The van der Waals surface area contributed by atoms with Crippen LogP contribution in [0, 0.1) is 0 Å². The van der Waals surface area contributed by atoms with Crippen LogP contribution >= 0.6 is 0 Å². The average Bonchev–Trinajstić information content (AvgIpc) is 2.68. The number of aromatic nitrogens is 3. The molecule has 0 saturated carbocycles. The number of hydrogen-bond donors (Lipinski definition) is 1. The molecule has 0 aliphatic carbocycles. The van der Waals surface area contributed by atoms with Gasteiger partial charge in [0.1, 0.15) is 5.69 Å². The molecule has 0 saturated heterocycles. The SMILES string of the molecule is FC(F)(F)c1ccc2[nH]c(C(F)(F)C(F)(F)F)nc2n1. The Labute approximate surface area is 104 Å². The lowest BCUT2D eigenvalue weighted by atomic mass is 10.3. The minimum atomic E-state index is -5.92. The third-order valence-electron chi connectivity index (χ3n) is 2.29. The fourth-order valence-electron chi connectivity index (χ4n) is 1.33. The lowest BCUT2D eigenvalue weighted by molar-refractivity contribution is -0.292. The van der Waals surface area contributed by atoms with Crippen molar-refractivity contribution in [2.75, 3.05) is 0 Å². The molecule has 2 heterocycles. The van der Waals surface area contributed by atoms with Gasteiger partial charge in [-0.2, -0.15) is 35.1 Å². The summed E-state index contributed by atoms with van der Waals surface area (Å²) in [5.74, 6) is -7.13. The van der Waals surface area contributed by atoms with Crippen LogP contribution in [0.15, 0.2) is 12.1 Å². The van der Waals surface area contributed by atoms with Gasteiger partial charge in [-0.15, -0.1) is 0 Å². The molecule has 0 spiro atoms. The largest absolute Gasteiger partial charge is 0.461 e. The van der Waals surface area contributed by atoms with Gasteiger partial charge in [0.15, 0.2) is 11.5 Å². The summed E-state index contributed by atoms with van der Waals surface area (Å²) in [6.45, 7) is 0. The Morgan fingerprint density at radius 3 is 1.95 bits per heavy atom. The van der Waals surface area contributed by atoms with Gasteiger partial charge in [-0.3, -0.25) is 0 Å². The van der Waals surface area contributed by atoms with Crippen molar-refractivity contribution in [3.63, 3.8) is 0 Å². The van der Waals surface area contributed by atoms with Crippen LogP contribution < -0.4 is 0 Å². The minimum absolute atomic E-state index is 0.441. The molecule has 0 aromatic carbocycles. The second-order valence-corrected chi connectivity index (χ2v) is 3.72. The molecule has 0 unspecified atom stereocenters. The fourth-order valence-corrected chi connectivity index (χ4v) is 1.33. The standard InChI is InChI=1S/C9H3F8N3/c10-7(11,9(15,16)17)6-18-3-1-2-4(8(12,13)14)19-5(3)20-6/h1-2H,(H,18,19,20). The Morgan fingerprint density at radius 1 is 0.850 bits per heavy atom. The first-order chi connectivity index (χ1) is 8.93. The van der Waals surface area contributed by atoms with Gasteiger partial charge in [-0.1, -0.05) is 0 Å². The first kappa shape index (κ1) is 14.5. The molecule has 2 aromatic heterocycles. The van der Waals surface area contributed by atoms with Gasteiger partial charge >= 0.3 is 18.3 Å². The van der Waals surface area contributed by atoms with E-state index in [0.29, 0.717) is 12.1 Å². The van der Waals surface area contributed by atoms with Gasteiger partial charge in [0, 0.05) is 0 Å². The maximum atomic E-state index is 13.0. The second-order valence-electron chi connectivity index (χ2n) is 3.72. The van der Waals surface area contributed by atoms with Crippen LogP contribution in [-0.2, 0) is 12.1 Å². The summed E-state index contributed by atoms with van der Waals surface area (Å²) in [5.41, 5.74) is -2.78. The molecule has 0 radical (unpaired) electrons. The molecule has 0 fully saturated rings. The van der Waals surface area contributed by atoms with Gasteiger partial charge < -0.3 is 4.98 Å². The highest BCUT2D eigenvalue weighted by atomic mass is 19.4. The number of H-pyrrole nitrogens is 1. The number of nitrogens with one attached hydrogen (secondary N) is 1. The lowest BCUT2D eigenvalue weighted by Crippen LogP contribution is -2.34. The summed E-state index contributed by atoms with van der Waals surface area (Å²) in [5, 5.41) is 0. The highest BCUT2D eigenvalue weighted by Gasteiger charge is 2.61. The Kier molecular flexibility index (Phi) is 2.91. The highest BCUT2D eigenvalue weighted by Crippen LogP contribution is 2.43. The zero-order valence-corrected chi connectivity index (χ0v) is 9.07.